The molecule has 1 aliphatic heterocycles. The summed E-state index contributed by atoms with van der Waals surface area (Å²) in [6.07, 6.45) is 5.47. The first-order chi connectivity index (χ1) is 8.93. The zero-order chi connectivity index (χ0) is 14.6. The molecule has 2 N–H and O–H groups in total. The smallest absolute Gasteiger partial charge is 0.321 e. The van der Waals surface area contributed by atoms with Crippen LogP contribution in [0.2, 0.25) is 0 Å². The zero-order valence-corrected chi connectivity index (χ0v) is 11.5. The maximum absolute atomic E-state index is 12.1. The summed E-state index contributed by atoms with van der Waals surface area (Å²) < 4.78 is 33.6. The van der Waals surface area contributed by atoms with Crippen LogP contribution in [0, 0.1) is 0 Å². The Morgan fingerprint density at radius 1 is 1.42 bits per heavy atom. The van der Waals surface area contributed by atoms with E-state index in [0.717, 1.165) is 4.31 Å². The summed E-state index contributed by atoms with van der Waals surface area (Å²) in [7, 11) is -1.83. The summed E-state index contributed by atoms with van der Waals surface area (Å²) >= 11 is -2.42. The number of hydrogen-bond acceptors (Lipinski definition) is 3. The molecule has 1 saturated heterocycles. The second kappa shape index (κ2) is 6.60. The average molecular weight is 303 g/mol. The van der Waals surface area contributed by atoms with E-state index in [4.69, 9.17) is 5.11 Å². The molecule has 1 fully saturated rings. The minimum absolute atomic E-state index is 0.135. The number of carbonyl (C=O) groups is 1. The van der Waals surface area contributed by atoms with Crippen LogP contribution in [0.5, 0.6) is 0 Å². The molecule has 8 heteroatoms. The molecule has 0 aromatic carbocycles. The van der Waals surface area contributed by atoms with Crippen LogP contribution in [-0.2, 0) is 26.9 Å². The highest BCUT2D eigenvalue weighted by Gasteiger charge is 2.39. The number of carboxylic acids is 1. The Morgan fingerprint density at radius 2 is 2.00 bits per heavy atom. The molecule has 19 heavy (non-hydrogen) atoms. The Morgan fingerprint density at radius 3 is 2.42 bits per heavy atom. The van der Waals surface area contributed by atoms with Gasteiger partial charge in [-0.2, -0.15) is 0 Å². The largest absolute Gasteiger partial charge is 0.480 e. The van der Waals surface area contributed by atoms with Gasteiger partial charge in [0.05, 0.1) is 27.9 Å². The van der Waals surface area contributed by atoms with Gasteiger partial charge in [-0.3, -0.25) is 17.9 Å². The quantitative estimate of drug-likeness (QED) is 0.748. The van der Waals surface area contributed by atoms with Crippen molar-refractivity contribution >= 4 is 28.0 Å². The number of allylic oxidation sites excluding steroid dienone is 4. The minimum atomic E-state index is -2.42. The molecular formula is C11H13NO5S2. The summed E-state index contributed by atoms with van der Waals surface area (Å²) in [6, 6.07) is 0. The molecule has 0 radical (unpaired) electrons. The van der Waals surface area contributed by atoms with Gasteiger partial charge in [0.1, 0.15) is 0 Å². The fraction of sp³-hybridized carbons (Fsp3) is 0.182. The van der Waals surface area contributed by atoms with Gasteiger partial charge >= 0.3 is 5.97 Å². The molecule has 0 amide bonds. The molecule has 1 rings (SSSR count). The van der Waals surface area contributed by atoms with E-state index >= 15 is 0 Å². The SMILES string of the molecule is C=CC=C1/C(=C\C=C)S(=O)[C@@H](C(=O)O)CN1S(=O)O. The van der Waals surface area contributed by atoms with Crippen molar-refractivity contribution in [3.05, 3.63) is 48.1 Å². The van der Waals surface area contributed by atoms with Gasteiger partial charge in [-0.15, -0.1) is 0 Å². The zero-order valence-electron chi connectivity index (χ0n) is 9.89. The van der Waals surface area contributed by atoms with Crippen molar-refractivity contribution in [2.75, 3.05) is 6.54 Å². The molecule has 0 bridgehead atoms. The van der Waals surface area contributed by atoms with E-state index in [-0.39, 0.29) is 17.1 Å². The molecule has 2 unspecified atom stereocenters. The van der Waals surface area contributed by atoms with Crippen molar-refractivity contribution in [3.63, 3.8) is 0 Å². The summed E-state index contributed by atoms with van der Waals surface area (Å²) in [5, 5.41) is 7.74. The van der Waals surface area contributed by atoms with Crippen LogP contribution in [0.3, 0.4) is 0 Å². The highest BCUT2D eigenvalue weighted by Crippen LogP contribution is 2.29. The molecular weight excluding hydrogens is 290 g/mol. The van der Waals surface area contributed by atoms with Gasteiger partial charge in [-0.1, -0.05) is 25.3 Å². The van der Waals surface area contributed by atoms with Crippen molar-refractivity contribution in [1.82, 2.24) is 4.31 Å². The normalized spacial score (nSPS) is 29.2. The van der Waals surface area contributed by atoms with E-state index in [1.807, 2.05) is 0 Å². The summed E-state index contributed by atoms with van der Waals surface area (Å²) in [5.74, 6) is -1.29. The van der Waals surface area contributed by atoms with Gasteiger partial charge in [-0.25, -0.2) is 4.21 Å². The molecule has 0 spiro atoms. The molecule has 0 aromatic rings. The van der Waals surface area contributed by atoms with Crippen LogP contribution in [0.15, 0.2) is 48.1 Å². The lowest BCUT2D eigenvalue weighted by Crippen LogP contribution is -2.45. The Hall–Kier alpha value is -1.51. The molecule has 1 aliphatic rings. The van der Waals surface area contributed by atoms with E-state index in [9.17, 15) is 17.8 Å². The van der Waals surface area contributed by atoms with Gasteiger partial charge in [-0.05, 0) is 12.2 Å². The molecule has 0 saturated carbocycles. The molecule has 104 valence electrons. The fourth-order valence-electron chi connectivity index (χ4n) is 1.55. The molecule has 0 aromatic heterocycles. The summed E-state index contributed by atoms with van der Waals surface area (Å²) in [4.78, 5) is 11.2. The Balaban J connectivity index is 3.39. The van der Waals surface area contributed by atoms with Crippen LogP contribution in [0.4, 0.5) is 0 Å². The van der Waals surface area contributed by atoms with Crippen LogP contribution in [0.25, 0.3) is 0 Å². The number of aliphatic carboxylic acids is 1. The second-order valence-electron chi connectivity index (χ2n) is 3.47. The standard InChI is InChI=1S/C11H13NO5S2/c1-3-5-8-9(6-4-2)18(15)10(11(13)14)7-12(8)19(16)17/h3-6,10H,1-2,7H2,(H,13,14)(H,16,17)/b8-5?,9-6+/t10-,18?/m1/s1. The van der Waals surface area contributed by atoms with Crippen molar-refractivity contribution < 1.29 is 22.9 Å². The average Bonchev–Trinajstić information content (AvgIpc) is 2.33. The van der Waals surface area contributed by atoms with Gasteiger partial charge < -0.3 is 5.11 Å². The monoisotopic (exact) mass is 303 g/mol. The van der Waals surface area contributed by atoms with Crippen LogP contribution in [-0.4, -0.2) is 40.1 Å². The van der Waals surface area contributed by atoms with E-state index in [2.05, 4.69) is 13.2 Å². The van der Waals surface area contributed by atoms with Crippen molar-refractivity contribution in [3.8, 4) is 0 Å². The molecule has 0 aliphatic carbocycles. The van der Waals surface area contributed by atoms with E-state index in [1.165, 1.54) is 24.3 Å². The lowest BCUT2D eigenvalue weighted by Gasteiger charge is -2.32. The third-order valence-electron chi connectivity index (χ3n) is 2.34. The fourth-order valence-corrected chi connectivity index (χ4v) is 3.69. The van der Waals surface area contributed by atoms with Crippen LogP contribution >= 0.6 is 0 Å². The minimum Gasteiger partial charge on any atom is -0.480 e. The van der Waals surface area contributed by atoms with Gasteiger partial charge in [0, 0.05) is 0 Å². The second-order valence-corrected chi connectivity index (χ2v) is 5.98. The maximum atomic E-state index is 12.1. The lowest BCUT2D eigenvalue weighted by molar-refractivity contribution is -0.136. The predicted octanol–water partition coefficient (Wildman–Crippen LogP) is 0.780. The number of nitrogens with zero attached hydrogens (tertiary/aromatic N) is 1. The summed E-state index contributed by atoms with van der Waals surface area (Å²) in [6.45, 7) is 6.61. The van der Waals surface area contributed by atoms with Crippen LogP contribution < -0.4 is 0 Å². The third-order valence-corrected chi connectivity index (χ3v) is 4.71. The Labute approximate surface area is 115 Å². The maximum Gasteiger partial charge on any atom is 0.321 e. The number of carboxylic acid groups (broad SMARTS) is 1. The van der Waals surface area contributed by atoms with E-state index < -0.39 is 33.3 Å². The molecule has 6 nitrogen and oxygen atoms in total. The van der Waals surface area contributed by atoms with Crippen LogP contribution in [0.1, 0.15) is 0 Å². The van der Waals surface area contributed by atoms with Gasteiger partial charge in [0.25, 0.3) is 11.3 Å². The summed E-state index contributed by atoms with van der Waals surface area (Å²) in [5.41, 5.74) is 0.201. The molecule has 3 atom stereocenters. The number of rotatable bonds is 4. The van der Waals surface area contributed by atoms with Crippen molar-refractivity contribution in [2.24, 2.45) is 0 Å². The van der Waals surface area contributed by atoms with Crippen molar-refractivity contribution in [1.29, 1.82) is 0 Å². The Bertz CT molecular complexity index is 523. The third kappa shape index (κ3) is 3.28. The highest BCUT2D eigenvalue weighted by atomic mass is 32.2. The first-order valence-corrected chi connectivity index (χ1v) is 7.39. The van der Waals surface area contributed by atoms with E-state index in [0.29, 0.717) is 0 Å². The lowest BCUT2D eigenvalue weighted by atomic mass is 10.3. The highest BCUT2D eigenvalue weighted by molar-refractivity contribution is 7.91. The first-order valence-electron chi connectivity index (χ1n) is 5.11. The Kier molecular flexibility index (Phi) is 5.40. The topological polar surface area (TPSA) is 94.9 Å². The molecule has 1 heterocycles. The number of hydrogen-bond donors (Lipinski definition) is 2. The van der Waals surface area contributed by atoms with Gasteiger partial charge in [0.2, 0.25) is 0 Å². The predicted molar refractivity (Wildman–Crippen MR) is 73.6 cm³/mol. The van der Waals surface area contributed by atoms with E-state index in [1.54, 1.807) is 0 Å². The first kappa shape index (κ1) is 15.5. The van der Waals surface area contributed by atoms with Gasteiger partial charge in [0.15, 0.2) is 5.25 Å². The van der Waals surface area contributed by atoms with Crippen molar-refractivity contribution in [2.45, 2.75) is 5.25 Å².